The number of hydrogen-bond donors (Lipinski definition) is 2. The highest BCUT2D eigenvalue weighted by Gasteiger charge is 2.13. The second-order valence-corrected chi connectivity index (χ2v) is 4.41. The van der Waals surface area contributed by atoms with Crippen LogP contribution < -0.4 is 5.32 Å². The molecule has 0 radical (unpaired) electrons. The minimum atomic E-state index is -0.212. The number of H-pyrrole nitrogens is 1. The maximum atomic E-state index is 12.1. The van der Waals surface area contributed by atoms with Gasteiger partial charge in [0.05, 0.1) is 11.6 Å². The molecule has 3 rings (SSSR count). The van der Waals surface area contributed by atoms with Crippen LogP contribution in [0.3, 0.4) is 0 Å². The fourth-order valence-corrected chi connectivity index (χ4v) is 1.85. The van der Waals surface area contributed by atoms with Crippen LogP contribution in [0.15, 0.2) is 43.4 Å². The van der Waals surface area contributed by atoms with E-state index in [4.69, 9.17) is 0 Å². The van der Waals surface area contributed by atoms with Gasteiger partial charge < -0.3 is 10.3 Å². The van der Waals surface area contributed by atoms with E-state index in [1.165, 1.54) is 17.2 Å². The van der Waals surface area contributed by atoms with Crippen LogP contribution in [0, 0.1) is 0 Å². The van der Waals surface area contributed by atoms with Gasteiger partial charge in [0.15, 0.2) is 5.82 Å². The normalized spacial score (nSPS) is 12.0. The number of carbonyl (C=O) groups excluding carboxylic acids is 1. The highest BCUT2D eigenvalue weighted by molar-refractivity contribution is 5.94. The number of pyridine rings is 1. The van der Waals surface area contributed by atoms with E-state index < -0.39 is 0 Å². The summed E-state index contributed by atoms with van der Waals surface area (Å²) in [5.41, 5.74) is 0.470. The van der Waals surface area contributed by atoms with Gasteiger partial charge in [-0.3, -0.25) is 4.79 Å². The van der Waals surface area contributed by atoms with Crippen LogP contribution in [-0.4, -0.2) is 35.6 Å². The molecule has 1 amide bonds. The monoisotopic (exact) mass is 283 g/mol. The van der Waals surface area contributed by atoms with Gasteiger partial charge in [-0.25, -0.2) is 19.6 Å². The third-order valence-corrected chi connectivity index (χ3v) is 2.94. The van der Waals surface area contributed by atoms with E-state index in [0.29, 0.717) is 17.2 Å². The molecule has 0 bridgehead atoms. The maximum absolute atomic E-state index is 12.1. The van der Waals surface area contributed by atoms with Crippen molar-refractivity contribution in [2.45, 2.75) is 13.0 Å². The molecule has 3 aromatic heterocycles. The molecular weight excluding hydrogens is 270 g/mol. The number of carbonyl (C=O) groups is 1. The Balaban J connectivity index is 1.70. The Morgan fingerprint density at radius 1 is 1.38 bits per heavy atom. The maximum Gasteiger partial charge on any atom is 0.253 e. The lowest BCUT2D eigenvalue weighted by Gasteiger charge is -2.11. The lowest BCUT2D eigenvalue weighted by Crippen LogP contribution is -2.27. The molecule has 2 N–H and O–H groups in total. The van der Waals surface area contributed by atoms with Gasteiger partial charge >= 0.3 is 0 Å². The zero-order chi connectivity index (χ0) is 14.7. The van der Waals surface area contributed by atoms with Crippen molar-refractivity contribution < 1.29 is 4.79 Å². The smallest absolute Gasteiger partial charge is 0.253 e. The summed E-state index contributed by atoms with van der Waals surface area (Å²) in [7, 11) is 0. The molecule has 8 heteroatoms. The fraction of sp³-hybridized carbons (Fsp3) is 0.154. The van der Waals surface area contributed by atoms with Crippen molar-refractivity contribution in [1.82, 2.24) is 35.0 Å². The molecule has 3 aromatic rings. The molecule has 0 fully saturated rings. The van der Waals surface area contributed by atoms with Crippen molar-refractivity contribution >= 4 is 5.91 Å². The van der Waals surface area contributed by atoms with Gasteiger partial charge in [0.25, 0.3) is 5.91 Å². The molecule has 0 saturated heterocycles. The first-order valence-corrected chi connectivity index (χ1v) is 6.35. The largest absolute Gasteiger partial charge is 0.347 e. The molecule has 3 heterocycles. The van der Waals surface area contributed by atoms with Crippen molar-refractivity contribution in [1.29, 1.82) is 0 Å². The average Bonchev–Trinajstić information content (AvgIpc) is 3.20. The van der Waals surface area contributed by atoms with Gasteiger partial charge in [-0.15, -0.1) is 0 Å². The van der Waals surface area contributed by atoms with Crippen molar-refractivity contribution in [3.05, 3.63) is 54.8 Å². The van der Waals surface area contributed by atoms with Gasteiger partial charge in [-0.05, 0) is 19.1 Å². The molecule has 8 nitrogen and oxygen atoms in total. The number of rotatable bonds is 4. The third-order valence-electron chi connectivity index (χ3n) is 2.94. The van der Waals surface area contributed by atoms with E-state index >= 15 is 0 Å². The van der Waals surface area contributed by atoms with Crippen LogP contribution in [0.25, 0.3) is 5.82 Å². The van der Waals surface area contributed by atoms with Crippen molar-refractivity contribution in [3.63, 3.8) is 0 Å². The summed E-state index contributed by atoms with van der Waals surface area (Å²) >= 11 is 0. The third kappa shape index (κ3) is 2.78. The number of amides is 1. The van der Waals surface area contributed by atoms with Gasteiger partial charge in [0, 0.05) is 18.6 Å². The zero-order valence-electron chi connectivity index (χ0n) is 11.3. The SMILES string of the molecule is CC(NC(=O)c1ccc(-n2cncn2)nc1)c1ncc[nH]1. The van der Waals surface area contributed by atoms with E-state index in [1.807, 2.05) is 6.92 Å². The number of nitrogens with one attached hydrogen (secondary N) is 2. The number of aromatic amines is 1. The Hall–Kier alpha value is -3.03. The summed E-state index contributed by atoms with van der Waals surface area (Å²) in [5.74, 6) is 1.09. The van der Waals surface area contributed by atoms with Gasteiger partial charge in [-0.2, -0.15) is 5.10 Å². The van der Waals surface area contributed by atoms with Crippen LogP contribution in [0.4, 0.5) is 0 Å². The standard InChI is InChI=1S/C13H13N7O/c1-9(12-15-4-5-16-12)19-13(21)10-2-3-11(17-6-10)20-8-14-7-18-20/h2-9H,1H3,(H,15,16)(H,19,21). The van der Waals surface area contributed by atoms with Crippen LogP contribution in [0.2, 0.25) is 0 Å². The predicted molar refractivity (Wildman–Crippen MR) is 73.6 cm³/mol. The van der Waals surface area contributed by atoms with Crippen molar-refractivity contribution in [2.24, 2.45) is 0 Å². The molecular formula is C13H13N7O. The van der Waals surface area contributed by atoms with E-state index in [2.05, 4.69) is 30.4 Å². The second-order valence-electron chi connectivity index (χ2n) is 4.41. The minimum Gasteiger partial charge on any atom is -0.347 e. The highest BCUT2D eigenvalue weighted by Crippen LogP contribution is 2.08. The van der Waals surface area contributed by atoms with E-state index in [9.17, 15) is 4.79 Å². The van der Waals surface area contributed by atoms with Crippen LogP contribution in [-0.2, 0) is 0 Å². The van der Waals surface area contributed by atoms with Crippen molar-refractivity contribution in [2.75, 3.05) is 0 Å². The first-order chi connectivity index (χ1) is 10.2. The quantitative estimate of drug-likeness (QED) is 0.740. The Morgan fingerprint density at radius 2 is 2.29 bits per heavy atom. The Labute approximate surface area is 120 Å². The molecule has 0 aromatic carbocycles. The van der Waals surface area contributed by atoms with E-state index in [1.54, 1.807) is 30.9 Å². The van der Waals surface area contributed by atoms with E-state index in [0.717, 1.165) is 0 Å². The second kappa shape index (κ2) is 5.53. The lowest BCUT2D eigenvalue weighted by molar-refractivity contribution is 0.0938. The summed E-state index contributed by atoms with van der Waals surface area (Å²) in [5, 5.41) is 6.82. The Morgan fingerprint density at radius 3 is 2.90 bits per heavy atom. The van der Waals surface area contributed by atoms with Gasteiger partial charge in [-0.1, -0.05) is 0 Å². The molecule has 0 aliphatic heterocycles. The highest BCUT2D eigenvalue weighted by atomic mass is 16.1. The van der Waals surface area contributed by atoms with Crippen molar-refractivity contribution in [3.8, 4) is 5.82 Å². The molecule has 0 aliphatic rings. The first kappa shape index (κ1) is 13.0. The Kier molecular flexibility index (Phi) is 3.42. The Bertz CT molecular complexity index is 704. The minimum absolute atomic E-state index is 0.206. The molecule has 0 aliphatic carbocycles. The summed E-state index contributed by atoms with van der Waals surface area (Å²) in [4.78, 5) is 27.2. The molecule has 21 heavy (non-hydrogen) atoms. The van der Waals surface area contributed by atoms with Crippen LogP contribution in [0.5, 0.6) is 0 Å². The molecule has 0 saturated carbocycles. The predicted octanol–water partition coefficient (Wildman–Crippen LogP) is 0.876. The topological polar surface area (TPSA) is 101 Å². The van der Waals surface area contributed by atoms with Gasteiger partial charge in [0.1, 0.15) is 18.5 Å². The molecule has 106 valence electrons. The average molecular weight is 283 g/mol. The lowest BCUT2D eigenvalue weighted by atomic mass is 10.2. The first-order valence-electron chi connectivity index (χ1n) is 6.35. The number of aromatic nitrogens is 6. The molecule has 1 unspecified atom stereocenters. The van der Waals surface area contributed by atoms with Crippen LogP contribution in [0.1, 0.15) is 29.1 Å². The fourth-order valence-electron chi connectivity index (χ4n) is 1.85. The van der Waals surface area contributed by atoms with E-state index in [-0.39, 0.29) is 11.9 Å². The summed E-state index contributed by atoms with van der Waals surface area (Å²) in [6.45, 7) is 1.86. The summed E-state index contributed by atoms with van der Waals surface area (Å²) in [6.07, 6.45) is 7.83. The summed E-state index contributed by atoms with van der Waals surface area (Å²) in [6, 6.07) is 3.19. The van der Waals surface area contributed by atoms with Gasteiger partial charge in [0.2, 0.25) is 0 Å². The molecule has 0 spiro atoms. The number of hydrogen-bond acceptors (Lipinski definition) is 5. The molecule has 1 atom stereocenters. The number of imidazole rings is 1. The zero-order valence-corrected chi connectivity index (χ0v) is 11.3. The number of nitrogens with zero attached hydrogens (tertiary/aromatic N) is 5. The summed E-state index contributed by atoms with van der Waals surface area (Å²) < 4.78 is 1.52. The van der Waals surface area contributed by atoms with Crippen LogP contribution >= 0.6 is 0 Å².